The number of thioether (sulfide) groups is 1. The van der Waals surface area contributed by atoms with Gasteiger partial charge in [0.1, 0.15) is 5.84 Å². The van der Waals surface area contributed by atoms with Gasteiger partial charge in [0.15, 0.2) is 0 Å². The third-order valence-electron chi connectivity index (χ3n) is 2.57. The predicted octanol–water partition coefficient (Wildman–Crippen LogP) is 1.80. The lowest BCUT2D eigenvalue weighted by Crippen LogP contribution is -2.32. The zero-order valence-corrected chi connectivity index (χ0v) is 12.5. The molecular formula is C12H25N3O2S. The van der Waals surface area contributed by atoms with E-state index in [9.17, 15) is 4.79 Å². The molecule has 0 spiro atoms. The number of amidine groups is 1. The SMILES string of the molecule is CC(C)NC(=O)CSCCCC(C)(C)C(N)=NO. The summed E-state index contributed by atoms with van der Waals surface area (Å²) in [5, 5.41) is 14.5. The standard InChI is InChI=1S/C12H25N3O2S/c1-9(2)14-10(16)8-18-7-5-6-12(3,4)11(13)15-17/h9,17H,5-8H2,1-4H3,(H2,13,15)(H,14,16). The molecular weight excluding hydrogens is 250 g/mol. The maximum absolute atomic E-state index is 11.4. The third-order valence-corrected chi connectivity index (χ3v) is 3.62. The summed E-state index contributed by atoms with van der Waals surface area (Å²) in [6, 6.07) is 0.192. The Kier molecular flexibility index (Phi) is 7.82. The minimum atomic E-state index is -0.296. The van der Waals surface area contributed by atoms with E-state index in [-0.39, 0.29) is 23.2 Å². The van der Waals surface area contributed by atoms with Crippen LogP contribution in [0.15, 0.2) is 5.16 Å². The second-order valence-corrected chi connectivity index (χ2v) is 6.35. The predicted molar refractivity (Wildman–Crippen MR) is 77.0 cm³/mol. The summed E-state index contributed by atoms with van der Waals surface area (Å²) in [5.74, 6) is 1.71. The van der Waals surface area contributed by atoms with Crippen LogP contribution in [0.1, 0.15) is 40.5 Å². The number of nitrogens with zero attached hydrogens (tertiary/aromatic N) is 1. The number of nitrogens with one attached hydrogen (secondary N) is 1. The van der Waals surface area contributed by atoms with Gasteiger partial charge >= 0.3 is 0 Å². The largest absolute Gasteiger partial charge is 0.409 e. The highest BCUT2D eigenvalue weighted by atomic mass is 32.2. The molecule has 0 aromatic rings. The van der Waals surface area contributed by atoms with Crippen LogP contribution in [0.25, 0.3) is 0 Å². The van der Waals surface area contributed by atoms with Crippen molar-refractivity contribution in [1.82, 2.24) is 5.32 Å². The normalized spacial score (nSPS) is 12.8. The van der Waals surface area contributed by atoms with Gasteiger partial charge in [0.05, 0.1) is 5.75 Å². The second-order valence-electron chi connectivity index (χ2n) is 5.25. The maximum Gasteiger partial charge on any atom is 0.230 e. The average molecular weight is 275 g/mol. The highest BCUT2D eigenvalue weighted by molar-refractivity contribution is 7.99. The molecule has 0 aliphatic carbocycles. The number of carbonyl (C=O) groups excluding carboxylic acids is 1. The molecule has 0 aliphatic heterocycles. The van der Waals surface area contributed by atoms with E-state index in [0.717, 1.165) is 18.6 Å². The molecule has 0 atom stereocenters. The van der Waals surface area contributed by atoms with E-state index in [1.54, 1.807) is 11.8 Å². The smallest absolute Gasteiger partial charge is 0.230 e. The van der Waals surface area contributed by atoms with Gasteiger partial charge in [-0.15, -0.1) is 0 Å². The molecule has 18 heavy (non-hydrogen) atoms. The summed E-state index contributed by atoms with van der Waals surface area (Å²) in [6.45, 7) is 7.78. The van der Waals surface area contributed by atoms with Gasteiger partial charge in [0.25, 0.3) is 0 Å². The van der Waals surface area contributed by atoms with Crippen LogP contribution in [-0.2, 0) is 4.79 Å². The fourth-order valence-corrected chi connectivity index (χ4v) is 2.17. The van der Waals surface area contributed by atoms with Gasteiger partial charge < -0.3 is 16.3 Å². The van der Waals surface area contributed by atoms with Crippen molar-refractivity contribution >= 4 is 23.5 Å². The Labute approximate surface area is 114 Å². The van der Waals surface area contributed by atoms with Crippen LogP contribution in [0.2, 0.25) is 0 Å². The first-order valence-electron chi connectivity index (χ1n) is 6.14. The first-order valence-corrected chi connectivity index (χ1v) is 7.30. The van der Waals surface area contributed by atoms with Crippen molar-refractivity contribution in [1.29, 1.82) is 0 Å². The Balaban J connectivity index is 3.72. The molecule has 6 heteroatoms. The molecule has 5 nitrogen and oxygen atoms in total. The van der Waals surface area contributed by atoms with Crippen molar-refractivity contribution in [3.05, 3.63) is 0 Å². The number of carbonyl (C=O) groups is 1. The van der Waals surface area contributed by atoms with Crippen molar-refractivity contribution in [2.45, 2.75) is 46.6 Å². The van der Waals surface area contributed by atoms with Crippen molar-refractivity contribution in [3.63, 3.8) is 0 Å². The van der Waals surface area contributed by atoms with Crippen LogP contribution in [0, 0.1) is 5.41 Å². The third kappa shape index (κ3) is 7.42. The second kappa shape index (κ2) is 8.24. The van der Waals surface area contributed by atoms with E-state index in [4.69, 9.17) is 10.9 Å². The van der Waals surface area contributed by atoms with Crippen LogP contribution in [0.3, 0.4) is 0 Å². The van der Waals surface area contributed by atoms with E-state index in [1.165, 1.54) is 0 Å². The summed E-state index contributed by atoms with van der Waals surface area (Å²) in [4.78, 5) is 11.4. The Morgan fingerprint density at radius 3 is 2.61 bits per heavy atom. The van der Waals surface area contributed by atoms with Crippen LogP contribution < -0.4 is 11.1 Å². The first-order chi connectivity index (χ1) is 8.29. The van der Waals surface area contributed by atoms with Gasteiger partial charge in [-0.1, -0.05) is 19.0 Å². The maximum atomic E-state index is 11.4. The number of nitrogens with two attached hydrogens (primary N) is 1. The van der Waals surface area contributed by atoms with Crippen LogP contribution in [0.5, 0.6) is 0 Å². The fraction of sp³-hybridized carbons (Fsp3) is 0.833. The Hall–Kier alpha value is -0.910. The first kappa shape index (κ1) is 17.1. The summed E-state index contributed by atoms with van der Waals surface area (Å²) >= 11 is 1.61. The summed E-state index contributed by atoms with van der Waals surface area (Å²) < 4.78 is 0. The number of hydrogen-bond donors (Lipinski definition) is 3. The fourth-order valence-electron chi connectivity index (χ4n) is 1.41. The zero-order chi connectivity index (χ0) is 14.2. The van der Waals surface area contributed by atoms with Crippen LogP contribution in [0.4, 0.5) is 0 Å². The summed E-state index contributed by atoms with van der Waals surface area (Å²) in [6.07, 6.45) is 1.77. The molecule has 1 amide bonds. The Morgan fingerprint density at radius 1 is 1.50 bits per heavy atom. The molecule has 0 unspecified atom stereocenters. The van der Waals surface area contributed by atoms with E-state index < -0.39 is 0 Å². The van der Waals surface area contributed by atoms with Gasteiger partial charge in [0.2, 0.25) is 5.91 Å². The number of hydrogen-bond acceptors (Lipinski definition) is 4. The quantitative estimate of drug-likeness (QED) is 0.207. The molecule has 4 N–H and O–H groups in total. The highest BCUT2D eigenvalue weighted by Gasteiger charge is 2.22. The van der Waals surface area contributed by atoms with E-state index in [1.807, 2.05) is 27.7 Å². The minimum absolute atomic E-state index is 0.0747. The molecule has 0 heterocycles. The molecule has 0 bridgehead atoms. The lowest BCUT2D eigenvalue weighted by molar-refractivity contribution is -0.119. The van der Waals surface area contributed by atoms with Crippen molar-refractivity contribution in [2.75, 3.05) is 11.5 Å². The van der Waals surface area contributed by atoms with Gasteiger partial charge in [-0.3, -0.25) is 4.79 Å². The lowest BCUT2D eigenvalue weighted by Gasteiger charge is -2.22. The topological polar surface area (TPSA) is 87.7 Å². The number of amides is 1. The number of rotatable bonds is 8. The van der Waals surface area contributed by atoms with Gasteiger partial charge in [-0.2, -0.15) is 11.8 Å². The molecule has 0 fully saturated rings. The molecule has 0 aliphatic rings. The highest BCUT2D eigenvalue weighted by Crippen LogP contribution is 2.23. The Bertz CT molecular complexity index is 291. The minimum Gasteiger partial charge on any atom is -0.409 e. The van der Waals surface area contributed by atoms with E-state index >= 15 is 0 Å². The van der Waals surface area contributed by atoms with E-state index in [2.05, 4.69) is 10.5 Å². The average Bonchev–Trinajstić information content (AvgIpc) is 2.26. The number of oxime groups is 1. The van der Waals surface area contributed by atoms with Crippen LogP contribution >= 0.6 is 11.8 Å². The van der Waals surface area contributed by atoms with Gasteiger partial charge in [0, 0.05) is 11.5 Å². The summed E-state index contributed by atoms with van der Waals surface area (Å²) in [5.41, 5.74) is 5.30. The zero-order valence-electron chi connectivity index (χ0n) is 11.7. The van der Waals surface area contributed by atoms with Crippen molar-refractivity contribution in [3.8, 4) is 0 Å². The molecule has 0 radical (unpaired) electrons. The van der Waals surface area contributed by atoms with Crippen molar-refractivity contribution in [2.24, 2.45) is 16.3 Å². The molecule has 106 valence electrons. The molecule has 0 aromatic heterocycles. The molecule has 0 saturated heterocycles. The molecule has 0 aromatic carbocycles. The monoisotopic (exact) mass is 275 g/mol. The van der Waals surface area contributed by atoms with Gasteiger partial charge in [-0.05, 0) is 32.4 Å². The molecule has 0 saturated carbocycles. The van der Waals surface area contributed by atoms with E-state index in [0.29, 0.717) is 5.75 Å². The Morgan fingerprint density at radius 2 is 2.11 bits per heavy atom. The van der Waals surface area contributed by atoms with Crippen LogP contribution in [-0.4, -0.2) is 34.5 Å². The lowest BCUT2D eigenvalue weighted by atomic mass is 9.87. The molecule has 0 rings (SSSR count). The summed E-state index contributed by atoms with van der Waals surface area (Å²) in [7, 11) is 0. The van der Waals surface area contributed by atoms with Crippen molar-refractivity contribution < 1.29 is 10.0 Å². The van der Waals surface area contributed by atoms with Gasteiger partial charge in [-0.25, -0.2) is 0 Å².